The number of benzene rings is 2. The summed E-state index contributed by atoms with van der Waals surface area (Å²) in [5, 5.41) is 5.53. The molecular formula is C22H24N2O4. The highest BCUT2D eigenvalue weighted by Crippen LogP contribution is 2.34. The maximum atomic E-state index is 12.4. The van der Waals surface area contributed by atoms with Crippen molar-refractivity contribution in [3.05, 3.63) is 76.5 Å². The van der Waals surface area contributed by atoms with Crippen LogP contribution in [0.3, 0.4) is 0 Å². The molecule has 1 aliphatic rings. The van der Waals surface area contributed by atoms with Gasteiger partial charge in [-0.3, -0.25) is 0 Å². The fourth-order valence-corrected chi connectivity index (χ4v) is 3.26. The zero-order valence-electron chi connectivity index (χ0n) is 16.2. The van der Waals surface area contributed by atoms with Crippen molar-refractivity contribution >= 4 is 12.0 Å². The van der Waals surface area contributed by atoms with Gasteiger partial charge in [0.05, 0.1) is 18.7 Å². The van der Waals surface area contributed by atoms with E-state index in [0.29, 0.717) is 35.6 Å². The number of amides is 2. The molecule has 0 spiro atoms. The maximum absolute atomic E-state index is 12.4. The minimum Gasteiger partial charge on any atom is -0.489 e. The van der Waals surface area contributed by atoms with Crippen molar-refractivity contribution < 1.29 is 19.1 Å². The Kier molecular flexibility index (Phi) is 5.99. The number of methoxy groups -OCH3 is 1. The summed E-state index contributed by atoms with van der Waals surface area (Å²) in [4.78, 5) is 24.6. The summed E-state index contributed by atoms with van der Waals surface area (Å²) in [7, 11) is 1.33. The number of urea groups is 1. The van der Waals surface area contributed by atoms with Crippen LogP contribution in [0.5, 0.6) is 5.75 Å². The SMILES string of the molecule is CCC1=C(C(=O)OC)C(c2ccccc2OCc2ccccc2C)NC(=O)N1. The number of esters is 1. The predicted molar refractivity (Wildman–Crippen MR) is 106 cm³/mol. The fourth-order valence-electron chi connectivity index (χ4n) is 3.26. The average Bonchev–Trinajstić information content (AvgIpc) is 2.72. The van der Waals surface area contributed by atoms with Crippen LogP contribution < -0.4 is 15.4 Å². The molecule has 2 amide bonds. The first-order valence-corrected chi connectivity index (χ1v) is 9.20. The van der Waals surface area contributed by atoms with Crippen molar-refractivity contribution in [1.29, 1.82) is 0 Å². The highest BCUT2D eigenvalue weighted by molar-refractivity contribution is 5.95. The van der Waals surface area contributed by atoms with E-state index in [1.165, 1.54) is 7.11 Å². The minimum absolute atomic E-state index is 0.358. The Balaban J connectivity index is 1.97. The van der Waals surface area contributed by atoms with Crippen molar-refractivity contribution in [1.82, 2.24) is 10.6 Å². The number of rotatable bonds is 6. The molecule has 2 aromatic rings. The predicted octanol–water partition coefficient (Wildman–Crippen LogP) is 3.77. The van der Waals surface area contributed by atoms with Gasteiger partial charge in [-0.2, -0.15) is 0 Å². The third kappa shape index (κ3) is 4.01. The molecule has 0 saturated carbocycles. The van der Waals surface area contributed by atoms with Crippen LogP contribution in [0.25, 0.3) is 0 Å². The molecule has 0 radical (unpaired) electrons. The van der Waals surface area contributed by atoms with Crippen LogP contribution in [-0.4, -0.2) is 19.1 Å². The Morgan fingerprint density at radius 1 is 1.11 bits per heavy atom. The normalized spacial score (nSPS) is 16.2. The number of carbonyl (C=O) groups excluding carboxylic acids is 2. The standard InChI is InChI=1S/C22H24N2O4/c1-4-17-19(21(25)27-3)20(24-22(26)23-17)16-11-7-8-12-18(16)28-13-15-10-6-5-9-14(15)2/h5-12,20H,4,13H2,1-3H3,(H2,23,24,26). The highest BCUT2D eigenvalue weighted by Gasteiger charge is 2.34. The molecule has 0 bridgehead atoms. The van der Waals surface area contributed by atoms with Gasteiger partial charge >= 0.3 is 12.0 Å². The molecule has 0 aliphatic carbocycles. The van der Waals surface area contributed by atoms with Crippen molar-refractivity contribution in [3.63, 3.8) is 0 Å². The summed E-state index contributed by atoms with van der Waals surface area (Å²) in [6.45, 7) is 4.30. The molecule has 0 aromatic heterocycles. The molecule has 1 atom stereocenters. The molecule has 146 valence electrons. The summed E-state index contributed by atoms with van der Waals surface area (Å²) in [5.41, 5.74) is 3.85. The summed E-state index contributed by atoms with van der Waals surface area (Å²) >= 11 is 0. The van der Waals surface area contributed by atoms with E-state index < -0.39 is 12.0 Å². The van der Waals surface area contributed by atoms with Gasteiger partial charge in [0.1, 0.15) is 12.4 Å². The zero-order valence-corrected chi connectivity index (χ0v) is 16.2. The molecular weight excluding hydrogens is 356 g/mol. The molecule has 1 aliphatic heterocycles. The van der Waals surface area contributed by atoms with E-state index in [4.69, 9.17) is 9.47 Å². The largest absolute Gasteiger partial charge is 0.489 e. The number of hydrogen-bond acceptors (Lipinski definition) is 4. The molecule has 2 N–H and O–H groups in total. The van der Waals surface area contributed by atoms with E-state index >= 15 is 0 Å². The lowest BCUT2D eigenvalue weighted by Gasteiger charge is -2.29. The molecule has 1 unspecified atom stereocenters. The first kappa shape index (κ1) is 19.5. The Hall–Kier alpha value is -3.28. The van der Waals surface area contributed by atoms with Crippen molar-refractivity contribution in [2.45, 2.75) is 32.9 Å². The van der Waals surface area contributed by atoms with Gasteiger partial charge in [-0.15, -0.1) is 0 Å². The smallest absolute Gasteiger partial charge is 0.337 e. The summed E-state index contributed by atoms with van der Waals surface area (Å²) in [6, 6.07) is 14.4. The van der Waals surface area contributed by atoms with Crippen LogP contribution in [0.4, 0.5) is 4.79 Å². The van der Waals surface area contributed by atoms with Crippen molar-refractivity contribution in [3.8, 4) is 5.75 Å². The van der Waals surface area contributed by atoms with Gasteiger partial charge in [0, 0.05) is 11.3 Å². The van der Waals surface area contributed by atoms with Gasteiger partial charge < -0.3 is 20.1 Å². The third-order valence-electron chi connectivity index (χ3n) is 4.79. The molecule has 2 aromatic carbocycles. The second kappa shape index (κ2) is 8.61. The van der Waals surface area contributed by atoms with Crippen LogP contribution >= 0.6 is 0 Å². The van der Waals surface area contributed by atoms with Gasteiger partial charge in [0.2, 0.25) is 0 Å². The van der Waals surface area contributed by atoms with Gasteiger partial charge in [-0.1, -0.05) is 49.4 Å². The number of carbonyl (C=O) groups is 2. The summed E-state index contributed by atoms with van der Waals surface area (Å²) in [6.07, 6.45) is 0.501. The Morgan fingerprint density at radius 2 is 1.82 bits per heavy atom. The second-order valence-electron chi connectivity index (χ2n) is 6.52. The van der Waals surface area contributed by atoms with Crippen LogP contribution in [0.2, 0.25) is 0 Å². The monoisotopic (exact) mass is 380 g/mol. The van der Waals surface area contributed by atoms with Crippen LogP contribution in [0.1, 0.15) is 36.1 Å². The van der Waals surface area contributed by atoms with E-state index in [-0.39, 0.29) is 6.03 Å². The molecule has 0 saturated heterocycles. The number of allylic oxidation sites excluding steroid dienone is 1. The molecule has 3 rings (SSSR count). The maximum Gasteiger partial charge on any atom is 0.337 e. The van der Waals surface area contributed by atoms with Crippen LogP contribution in [-0.2, 0) is 16.1 Å². The number of hydrogen-bond donors (Lipinski definition) is 2. The van der Waals surface area contributed by atoms with Gasteiger partial charge in [-0.05, 0) is 30.5 Å². The van der Waals surface area contributed by atoms with E-state index in [9.17, 15) is 9.59 Å². The van der Waals surface area contributed by atoms with Crippen LogP contribution in [0, 0.1) is 6.92 Å². The molecule has 6 heteroatoms. The van der Waals surface area contributed by atoms with Gasteiger partial charge in [-0.25, -0.2) is 9.59 Å². The molecule has 0 fully saturated rings. The Labute approximate surface area is 164 Å². The Bertz CT molecular complexity index is 920. The average molecular weight is 380 g/mol. The highest BCUT2D eigenvalue weighted by atomic mass is 16.5. The molecule has 1 heterocycles. The van der Waals surface area contributed by atoms with Crippen LogP contribution in [0.15, 0.2) is 59.8 Å². The lowest BCUT2D eigenvalue weighted by atomic mass is 9.93. The third-order valence-corrected chi connectivity index (χ3v) is 4.79. The first-order valence-electron chi connectivity index (χ1n) is 9.20. The number of aryl methyl sites for hydroxylation is 1. The van der Waals surface area contributed by atoms with Gasteiger partial charge in [0.25, 0.3) is 0 Å². The minimum atomic E-state index is -0.649. The summed E-state index contributed by atoms with van der Waals surface area (Å²) in [5.74, 6) is 0.123. The first-order chi connectivity index (χ1) is 13.5. The topological polar surface area (TPSA) is 76.7 Å². The number of para-hydroxylation sites is 1. The lowest BCUT2D eigenvalue weighted by Crippen LogP contribution is -2.45. The number of ether oxygens (including phenoxy) is 2. The summed E-state index contributed by atoms with van der Waals surface area (Å²) < 4.78 is 11.0. The zero-order chi connectivity index (χ0) is 20.1. The van der Waals surface area contributed by atoms with E-state index in [2.05, 4.69) is 10.6 Å². The number of nitrogens with one attached hydrogen (secondary N) is 2. The second-order valence-corrected chi connectivity index (χ2v) is 6.52. The Morgan fingerprint density at radius 3 is 2.54 bits per heavy atom. The lowest BCUT2D eigenvalue weighted by molar-refractivity contribution is -0.136. The van der Waals surface area contributed by atoms with Gasteiger partial charge in [0.15, 0.2) is 0 Å². The molecule has 28 heavy (non-hydrogen) atoms. The fraction of sp³-hybridized carbons (Fsp3) is 0.273. The molecule has 6 nitrogen and oxygen atoms in total. The van der Waals surface area contributed by atoms with E-state index in [1.807, 2.05) is 62.4 Å². The van der Waals surface area contributed by atoms with E-state index in [0.717, 1.165) is 11.1 Å². The van der Waals surface area contributed by atoms with E-state index in [1.54, 1.807) is 0 Å². The van der Waals surface area contributed by atoms with Crippen molar-refractivity contribution in [2.24, 2.45) is 0 Å². The van der Waals surface area contributed by atoms with Crippen molar-refractivity contribution in [2.75, 3.05) is 7.11 Å². The quantitative estimate of drug-likeness (QED) is 0.748.